The van der Waals surface area contributed by atoms with Crippen molar-refractivity contribution in [3.05, 3.63) is 0 Å². The first-order valence-electron chi connectivity index (χ1n) is 6.76. The number of nitrogens with one attached hydrogen (secondary N) is 2. The van der Waals surface area contributed by atoms with Crippen LogP contribution in [0.15, 0.2) is 0 Å². The van der Waals surface area contributed by atoms with Crippen molar-refractivity contribution in [2.45, 2.75) is 26.2 Å². The van der Waals surface area contributed by atoms with E-state index in [9.17, 15) is 4.79 Å². The minimum atomic E-state index is 0.130. The zero-order valence-electron chi connectivity index (χ0n) is 11.6. The van der Waals surface area contributed by atoms with Gasteiger partial charge in [0.1, 0.15) is 0 Å². The van der Waals surface area contributed by atoms with Gasteiger partial charge in [-0.25, -0.2) is 0 Å². The highest BCUT2D eigenvalue weighted by Gasteiger charge is 2.32. The molecule has 0 aromatic carbocycles. The van der Waals surface area contributed by atoms with Gasteiger partial charge in [-0.15, -0.1) is 0 Å². The van der Waals surface area contributed by atoms with Gasteiger partial charge >= 0.3 is 0 Å². The van der Waals surface area contributed by atoms with Gasteiger partial charge in [0.2, 0.25) is 5.91 Å². The predicted octanol–water partition coefficient (Wildman–Crippen LogP) is 1.26. The number of methoxy groups -OCH3 is 1. The van der Waals surface area contributed by atoms with E-state index in [1.54, 1.807) is 18.9 Å². The lowest BCUT2D eigenvalue weighted by atomic mass is 9.79. The van der Waals surface area contributed by atoms with Crippen molar-refractivity contribution in [2.24, 2.45) is 5.41 Å². The summed E-state index contributed by atoms with van der Waals surface area (Å²) < 4.78 is 5.33. The molecule has 0 aliphatic carbocycles. The second kappa shape index (κ2) is 8.77. The maximum absolute atomic E-state index is 11.7. The van der Waals surface area contributed by atoms with Crippen LogP contribution in [-0.4, -0.2) is 50.8 Å². The van der Waals surface area contributed by atoms with Gasteiger partial charge in [-0.3, -0.25) is 4.79 Å². The molecule has 2 N–H and O–H groups in total. The van der Waals surface area contributed by atoms with Crippen molar-refractivity contribution in [1.82, 2.24) is 10.6 Å². The van der Waals surface area contributed by atoms with E-state index in [2.05, 4.69) is 17.6 Å². The average molecular weight is 274 g/mol. The summed E-state index contributed by atoms with van der Waals surface area (Å²) in [7, 11) is 1.74. The maximum Gasteiger partial charge on any atom is 0.230 e. The summed E-state index contributed by atoms with van der Waals surface area (Å²) in [5, 5.41) is 6.42. The largest absolute Gasteiger partial charge is 0.384 e. The Bertz CT molecular complexity index is 238. The molecule has 1 fully saturated rings. The molecule has 1 saturated heterocycles. The van der Waals surface area contributed by atoms with Gasteiger partial charge in [0, 0.05) is 19.1 Å². The SMILES string of the molecule is CCCSCC(=O)NCC1(COC)CCNCC1. The zero-order valence-corrected chi connectivity index (χ0v) is 12.4. The number of thioether (sulfide) groups is 1. The van der Waals surface area contributed by atoms with Crippen LogP contribution in [0, 0.1) is 5.41 Å². The van der Waals surface area contributed by atoms with Crippen LogP contribution in [0.1, 0.15) is 26.2 Å². The average Bonchev–Trinajstić information content (AvgIpc) is 2.38. The van der Waals surface area contributed by atoms with E-state index in [0.717, 1.165) is 51.3 Å². The van der Waals surface area contributed by atoms with Crippen molar-refractivity contribution in [1.29, 1.82) is 0 Å². The normalized spacial score (nSPS) is 18.6. The van der Waals surface area contributed by atoms with E-state index in [1.165, 1.54) is 0 Å². The molecule has 0 bridgehead atoms. The fourth-order valence-corrected chi connectivity index (χ4v) is 3.00. The molecule has 1 rings (SSSR count). The first-order chi connectivity index (χ1) is 8.72. The van der Waals surface area contributed by atoms with E-state index < -0.39 is 0 Å². The number of piperidine rings is 1. The summed E-state index contributed by atoms with van der Waals surface area (Å²) in [6, 6.07) is 0. The number of carbonyl (C=O) groups is 1. The molecule has 18 heavy (non-hydrogen) atoms. The van der Waals surface area contributed by atoms with Crippen LogP contribution >= 0.6 is 11.8 Å². The number of amides is 1. The Labute approximate surface area is 115 Å². The van der Waals surface area contributed by atoms with Gasteiger partial charge in [0.05, 0.1) is 12.4 Å². The van der Waals surface area contributed by atoms with Crippen LogP contribution in [0.4, 0.5) is 0 Å². The topological polar surface area (TPSA) is 50.4 Å². The van der Waals surface area contributed by atoms with E-state index in [0.29, 0.717) is 5.75 Å². The lowest BCUT2D eigenvalue weighted by Crippen LogP contribution is -2.47. The summed E-state index contributed by atoms with van der Waals surface area (Å²) in [4.78, 5) is 11.7. The van der Waals surface area contributed by atoms with Crippen LogP contribution in [0.5, 0.6) is 0 Å². The summed E-state index contributed by atoms with van der Waals surface area (Å²) in [5.41, 5.74) is 0.130. The highest BCUT2D eigenvalue weighted by atomic mass is 32.2. The molecule has 0 spiro atoms. The van der Waals surface area contributed by atoms with E-state index in [1.807, 2.05) is 0 Å². The van der Waals surface area contributed by atoms with E-state index in [4.69, 9.17) is 4.74 Å². The molecular weight excluding hydrogens is 248 g/mol. The van der Waals surface area contributed by atoms with Crippen LogP contribution in [0.25, 0.3) is 0 Å². The minimum Gasteiger partial charge on any atom is -0.384 e. The molecule has 1 aliphatic heterocycles. The van der Waals surface area contributed by atoms with Gasteiger partial charge in [0.15, 0.2) is 0 Å². The van der Waals surface area contributed by atoms with Crippen molar-refractivity contribution in [3.8, 4) is 0 Å². The van der Waals surface area contributed by atoms with E-state index in [-0.39, 0.29) is 11.3 Å². The Morgan fingerprint density at radius 1 is 1.44 bits per heavy atom. The van der Waals surface area contributed by atoms with Crippen molar-refractivity contribution >= 4 is 17.7 Å². The summed E-state index contributed by atoms with van der Waals surface area (Å²) >= 11 is 1.70. The lowest BCUT2D eigenvalue weighted by Gasteiger charge is -2.37. The van der Waals surface area contributed by atoms with Crippen molar-refractivity contribution < 1.29 is 9.53 Å². The number of rotatable bonds is 8. The second-order valence-corrected chi connectivity index (χ2v) is 6.12. The van der Waals surface area contributed by atoms with E-state index >= 15 is 0 Å². The Kier molecular flexibility index (Phi) is 7.70. The molecule has 0 atom stereocenters. The highest BCUT2D eigenvalue weighted by Crippen LogP contribution is 2.28. The van der Waals surface area contributed by atoms with Crippen molar-refractivity contribution in [3.63, 3.8) is 0 Å². The summed E-state index contributed by atoms with van der Waals surface area (Å²) in [6.07, 6.45) is 3.27. The first-order valence-corrected chi connectivity index (χ1v) is 7.92. The molecule has 0 radical (unpaired) electrons. The molecule has 1 aliphatic rings. The number of carbonyl (C=O) groups excluding carboxylic acids is 1. The first kappa shape index (κ1) is 15.8. The maximum atomic E-state index is 11.7. The standard InChI is InChI=1S/C13H26N2O2S/c1-3-8-18-9-12(16)15-10-13(11-17-2)4-6-14-7-5-13/h14H,3-11H2,1-2H3,(H,15,16). The minimum absolute atomic E-state index is 0.130. The Balaban J connectivity index is 2.30. The van der Waals surface area contributed by atoms with Crippen LogP contribution in [0.3, 0.4) is 0 Å². The quantitative estimate of drug-likeness (QED) is 0.654. The fourth-order valence-electron chi connectivity index (χ4n) is 2.28. The van der Waals surface area contributed by atoms with Crippen LogP contribution < -0.4 is 10.6 Å². The molecule has 0 saturated carbocycles. The number of hydrogen-bond donors (Lipinski definition) is 2. The Morgan fingerprint density at radius 3 is 2.78 bits per heavy atom. The van der Waals surface area contributed by atoms with Crippen LogP contribution in [0.2, 0.25) is 0 Å². The second-order valence-electron chi connectivity index (χ2n) is 5.01. The number of ether oxygens (including phenoxy) is 1. The molecule has 1 heterocycles. The number of hydrogen-bond acceptors (Lipinski definition) is 4. The molecule has 5 heteroatoms. The third kappa shape index (κ3) is 5.59. The highest BCUT2D eigenvalue weighted by molar-refractivity contribution is 7.99. The third-order valence-corrected chi connectivity index (χ3v) is 4.52. The van der Waals surface area contributed by atoms with Gasteiger partial charge in [0.25, 0.3) is 0 Å². The predicted molar refractivity (Wildman–Crippen MR) is 77.0 cm³/mol. The molecule has 4 nitrogen and oxygen atoms in total. The van der Waals surface area contributed by atoms with Gasteiger partial charge < -0.3 is 15.4 Å². The van der Waals surface area contributed by atoms with Gasteiger partial charge in [-0.2, -0.15) is 11.8 Å². The van der Waals surface area contributed by atoms with Gasteiger partial charge in [-0.05, 0) is 38.1 Å². The van der Waals surface area contributed by atoms with Crippen LogP contribution in [-0.2, 0) is 9.53 Å². The monoisotopic (exact) mass is 274 g/mol. The molecule has 0 aromatic rings. The summed E-state index contributed by atoms with van der Waals surface area (Å²) in [6.45, 7) is 5.65. The zero-order chi connectivity index (χ0) is 13.3. The van der Waals surface area contributed by atoms with Gasteiger partial charge in [-0.1, -0.05) is 6.92 Å². The molecular formula is C13H26N2O2S. The smallest absolute Gasteiger partial charge is 0.230 e. The van der Waals surface area contributed by atoms with Crippen molar-refractivity contribution in [2.75, 3.05) is 44.9 Å². The molecule has 0 aromatic heterocycles. The molecule has 106 valence electrons. The lowest BCUT2D eigenvalue weighted by molar-refractivity contribution is -0.119. The Hall–Kier alpha value is -0.260. The third-order valence-electron chi connectivity index (χ3n) is 3.36. The summed E-state index contributed by atoms with van der Waals surface area (Å²) in [5.74, 6) is 1.79. The Morgan fingerprint density at radius 2 is 2.17 bits per heavy atom. The molecule has 1 amide bonds. The fraction of sp³-hybridized carbons (Fsp3) is 0.923. The molecule has 0 unspecified atom stereocenters.